The van der Waals surface area contributed by atoms with Crippen LogP contribution in [0.5, 0.6) is 11.5 Å². The van der Waals surface area contributed by atoms with Crippen molar-refractivity contribution in [3.8, 4) is 11.5 Å². The molecule has 1 aliphatic rings. The third-order valence-electron chi connectivity index (χ3n) is 6.60. The molecule has 0 radical (unpaired) electrons. The van der Waals surface area contributed by atoms with E-state index in [1.165, 1.54) is 6.07 Å². The van der Waals surface area contributed by atoms with Gasteiger partial charge in [0.05, 0.1) is 17.9 Å². The standard InChI is InChI=1S/C30H40F3N3O5/c1-5-39-27(37)11-8-14-36-15-12-23-18-22(19-24(28(23)36)29(38)35(3)4)17-21(2)34-13-16-40-25-9-6-7-10-26(25)41-20-30(31,32)33/h6-7,9-10,18-19,21,34H,5,8,11-17,20H2,1-4H3. The Bertz CT molecular complexity index is 1170. The van der Waals surface area contributed by atoms with Crippen LogP contribution in [0, 0.1) is 0 Å². The first-order valence-corrected chi connectivity index (χ1v) is 13.9. The normalized spacial score (nSPS) is 13.5. The van der Waals surface area contributed by atoms with E-state index in [4.69, 9.17) is 14.2 Å². The molecule has 3 rings (SSSR count). The quantitative estimate of drug-likeness (QED) is 0.243. The van der Waals surface area contributed by atoms with Crippen molar-refractivity contribution in [3.05, 3.63) is 53.1 Å². The largest absolute Gasteiger partial charge is 0.488 e. The number of carbonyl (C=O) groups is 2. The molecule has 0 aromatic heterocycles. The molecule has 1 unspecified atom stereocenters. The van der Waals surface area contributed by atoms with Crippen molar-refractivity contribution >= 4 is 17.6 Å². The number of ether oxygens (including phenoxy) is 3. The number of fused-ring (bicyclic) bond motifs is 1. The molecule has 11 heteroatoms. The molecule has 41 heavy (non-hydrogen) atoms. The number of nitrogens with zero attached hydrogens (tertiary/aromatic N) is 2. The minimum Gasteiger partial charge on any atom is -0.488 e. The monoisotopic (exact) mass is 579 g/mol. The maximum atomic E-state index is 13.1. The molecule has 1 atom stereocenters. The van der Waals surface area contributed by atoms with Crippen LogP contribution in [-0.2, 0) is 22.4 Å². The lowest BCUT2D eigenvalue weighted by atomic mass is 9.97. The van der Waals surface area contributed by atoms with Crippen molar-refractivity contribution < 1.29 is 37.0 Å². The number of benzene rings is 2. The molecule has 0 saturated carbocycles. The lowest BCUT2D eigenvalue weighted by Crippen LogP contribution is -2.32. The summed E-state index contributed by atoms with van der Waals surface area (Å²) < 4.78 is 53.2. The molecule has 226 valence electrons. The van der Waals surface area contributed by atoms with Crippen LogP contribution < -0.4 is 19.7 Å². The summed E-state index contributed by atoms with van der Waals surface area (Å²) in [4.78, 5) is 28.7. The van der Waals surface area contributed by atoms with Crippen molar-refractivity contribution in [2.24, 2.45) is 0 Å². The molecule has 0 spiro atoms. The Morgan fingerprint density at radius 3 is 2.49 bits per heavy atom. The van der Waals surface area contributed by atoms with Crippen molar-refractivity contribution in [2.75, 3.05) is 58.5 Å². The molecule has 0 bridgehead atoms. The van der Waals surface area contributed by atoms with E-state index in [1.807, 2.05) is 13.0 Å². The van der Waals surface area contributed by atoms with Gasteiger partial charge >= 0.3 is 12.1 Å². The lowest BCUT2D eigenvalue weighted by molar-refractivity contribution is -0.153. The summed E-state index contributed by atoms with van der Waals surface area (Å²) in [6, 6.07) is 10.4. The summed E-state index contributed by atoms with van der Waals surface area (Å²) in [5, 5.41) is 3.38. The van der Waals surface area contributed by atoms with E-state index < -0.39 is 12.8 Å². The summed E-state index contributed by atoms with van der Waals surface area (Å²) in [7, 11) is 3.47. The minimum absolute atomic E-state index is 0.0454. The second-order valence-corrected chi connectivity index (χ2v) is 10.3. The predicted octanol–water partition coefficient (Wildman–Crippen LogP) is 4.63. The van der Waals surface area contributed by atoms with E-state index >= 15 is 0 Å². The zero-order chi connectivity index (χ0) is 30.0. The number of esters is 1. The fourth-order valence-electron chi connectivity index (χ4n) is 4.82. The van der Waals surface area contributed by atoms with Crippen LogP contribution in [0.1, 0.15) is 48.2 Å². The molecular weight excluding hydrogens is 539 g/mol. The van der Waals surface area contributed by atoms with E-state index in [9.17, 15) is 22.8 Å². The highest BCUT2D eigenvalue weighted by atomic mass is 19.4. The third-order valence-corrected chi connectivity index (χ3v) is 6.60. The number of para-hydroxylation sites is 2. The first kappa shape index (κ1) is 32.0. The van der Waals surface area contributed by atoms with Gasteiger partial charge in [-0.25, -0.2) is 0 Å². The van der Waals surface area contributed by atoms with Gasteiger partial charge in [0.25, 0.3) is 5.91 Å². The van der Waals surface area contributed by atoms with Crippen molar-refractivity contribution in [1.82, 2.24) is 10.2 Å². The number of rotatable bonds is 15. The Morgan fingerprint density at radius 1 is 1.12 bits per heavy atom. The van der Waals surface area contributed by atoms with Gasteiger partial charge in [0.15, 0.2) is 18.1 Å². The van der Waals surface area contributed by atoms with Crippen LogP contribution >= 0.6 is 0 Å². The van der Waals surface area contributed by atoms with Crippen LogP contribution in [0.4, 0.5) is 18.9 Å². The molecule has 0 fully saturated rings. The zero-order valence-corrected chi connectivity index (χ0v) is 24.2. The summed E-state index contributed by atoms with van der Waals surface area (Å²) in [6.45, 7) is 4.97. The molecule has 1 amide bonds. The highest BCUT2D eigenvalue weighted by molar-refractivity contribution is 6.01. The van der Waals surface area contributed by atoms with Gasteiger partial charge in [-0.3, -0.25) is 9.59 Å². The molecule has 1 N–H and O–H groups in total. The Hall–Kier alpha value is -3.47. The molecular formula is C30H40F3N3O5. The number of anilines is 1. The van der Waals surface area contributed by atoms with Crippen LogP contribution in [-0.4, -0.2) is 82.5 Å². The summed E-state index contributed by atoms with van der Waals surface area (Å²) >= 11 is 0. The molecule has 1 aliphatic heterocycles. The van der Waals surface area contributed by atoms with Gasteiger partial charge in [-0.15, -0.1) is 0 Å². The number of halogens is 3. The average Bonchev–Trinajstić information content (AvgIpc) is 3.32. The Balaban J connectivity index is 1.59. The van der Waals surface area contributed by atoms with Crippen molar-refractivity contribution in [3.63, 3.8) is 0 Å². The maximum absolute atomic E-state index is 13.1. The Kier molecular flexibility index (Phi) is 11.7. The molecule has 8 nitrogen and oxygen atoms in total. The number of hydrogen-bond acceptors (Lipinski definition) is 7. The topological polar surface area (TPSA) is 80.3 Å². The van der Waals surface area contributed by atoms with Crippen LogP contribution in [0.15, 0.2) is 36.4 Å². The van der Waals surface area contributed by atoms with Gasteiger partial charge in [-0.05, 0) is 62.4 Å². The SMILES string of the molecule is CCOC(=O)CCCN1CCc2cc(CC(C)NCCOc3ccccc3OCC(F)(F)F)cc(C(=O)N(C)C)c21. The van der Waals surface area contributed by atoms with Crippen molar-refractivity contribution in [1.29, 1.82) is 0 Å². The third kappa shape index (κ3) is 9.84. The Morgan fingerprint density at radius 2 is 1.83 bits per heavy atom. The van der Waals surface area contributed by atoms with E-state index in [0.717, 1.165) is 29.8 Å². The minimum atomic E-state index is -4.43. The molecule has 0 aliphatic carbocycles. The lowest BCUT2D eigenvalue weighted by Gasteiger charge is -2.24. The van der Waals surface area contributed by atoms with Crippen LogP contribution in [0.2, 0.25) is 0 Å². The number of carbonyl (C=O) groups excluding carboxylic acids is 2. The van der Waals surface area contributed by atoms with Crippen LogP contribution in [0.25, 0.3) is 0 Å². The number of amides is 1. The van der Waals surface area contributed by atoms with E-state index in [2.05, 4.69) is 16.3 Å². The fourth-order valence-corrected chi connectivity index (χ4v) is 4.82. The van der Waals surface area contributed by atoms with Crippen LogP contribution in [0.3, 0.4) is 0 Å². The second-order valence-electron chi connectivity index (χ2n) is 10.3. The van der Waals surface area contributed by atoms with E-state index in [1.54, 1.807) is 44.1 Å². The smallest absolute Gasteiger partial charge is 0.422 e. The first-order chi connectivity index (χ1) is 19.5. The number of hydrogen-bond donors (Lipinski definition) is 1. The van der Waals surface area contributed by atoms with Gasteiger partial charge in [0.1, 0.15) is 6.61 Å². The van der Waals surface area contributed by atoms with Gasteiger partial charge in [-0.2, -0.15) is 13.2 Å². The number of alkyl halides is 3. The molecule has 0 saturated heterocycles. The van der Waals surface area contributed by atoms with Gasteiger partial charge < -0.3 is 29.3 Å². The zero-order valence-electron chi connectivity index (χ0n) is 24.2. The van der Waals surface area contributed by atoms with E-state index in [0.29, 0.717) is 44.5 Å². The predicted molar refractivity (Wildman–Crippen MR) is 151 cm³/mol. The molecule has 2 aromatic carbocycles. The van der Waals surface area contributed by atoms with E-state index in [-0.39, 0.29) is 36.0 Å². The van der Waals surface area contributed by atoms with Gasteiger partial charge in [-0.1, -0.05) is 18.2 Å². The first-order valence-electron chi connectivity index (χ1n) is 13.9. The number of nitrogens with one attached hydrogen (secondary N) is 1. The van der Waals surface area contributed by atoms with Gasteiger partial charge in [0, 0.05) is 46.2 Å². The van der Waals surface area contributed by atoms with Crippen molar-refractivity contribution in [2.45, 2.75) is 51.7 Å². The summed E-state index contributed by atoms with van der Waals surface area (Å²) in [5.41, 5.74) is 3.75. The molecule has 1 heterocycles. The molecule has 2 aromatic rings. The average molecular weight is 580 g/mol. The summed E-state index contributed by atoms with van der Waals surface area (Å²) in [5.74, 6) is 0.0195. The summed E-state index contributed by atoms with van der Waals surface area (Å²) in [6.07, 6.45) is -1.94. The maximum Gasteiger partial charge on any atom is 0.422 e. The second kappa shape index (κ2) is 15.0. The highest BCUT2D eigenvalue weighted by Gasteiger charge is 2.29. The fraction of sp³-hybridized carbons (Fsp3) is 0.533. The van der Waals surface area contributed by atoms with Gasteiger partial charge in [0.2, 0.25) is 0 Å². The Labute approximate surface area is 239 Å². The highest BCUT2D eigenvalue weighted by Crippen LogP contribution is 2.34.